The third-order valence-electron chi connectivity index (χ3n) is 5.09. The lowest BCUT2D eigenvalue weighted by Gasteiger charge is -2.30. The molecule has 2 aliphatic heterocycles. The number of likely N-dealkylation sites (tertiary alicyclic amines) is 2. The van der Waals surface area contributed by atoms with Gasteiger partial charge in [-0.3, -0.25) is 4.79 Å². The molecule has 2 fully saturated rings. The lowest BCUT2D eigenvalue weighted by Crippen LogP contribution is -2.44. The highest BCUT2D eigenvalue weighted by Gasteiger charge is 2.19. The van der Waals surface area contributed by atoms with Gasteiger partial charge in [0.05, 0.1) is 0 Å². The number of piperidine rings is 2. The summed E-state index contributed by atoms with van der Waals surface area (Å²) in [6, 6.07) is 8.07. The Balaban J connectivity index is 1.50. The van der Waals surface area contributed by atoms with Crippen molar-refractivity contribution in [3.8, 4) is 0 Å². The van der Waals surface area contributed by atoms with Crippen molar-refractivity contribution in [1.29, 1.82) is 0 Å². The SMILES string of the molecule is CN1CCC(NC(=S)Nc2ccc(C(=O)N3CCCCC3)cc2)CC1. The number of nitrogens with zero attached hydrogens (tertiary/aromatic N) is 2. The molecular weight excluding hydrogens is 332 g/mol. The fourth-order valence-electron chi connectivity index (χ4n) is 3.48. The van der Waals surface area contributed by atoms with Crippen LogP contribution in [0.25, 0.3) is 0 Å². The summed E-state index contributed by atoms with van der Waals surface area (Å²) >= 11 is 5.42. The molecule has 1 aromatic carbocycles. The van der Waals surface area contributed by atoms with Gasteiger partial charge in [0.1, 0.15) is 0 Å². The Labute approximate surface area is 155 Å². The Morgan fingerprint density at radius 3 is 2.32 bits per heavy atom. The van der Waals surface area contributed by atoms with Gasteiger partial charge in [-0.25, -0.2) is 0 Å². The molecular formula is C19H28N4OS. The molecule has 6 heteroatoms. The summed E-state index contributed by atoms with van der Waals surface area (Å²) in [7, 11) is 2.15. The van der Waals surface area contributed by atoms with Gasteiger partial charge in [0.25, 0.3) is 5.91 Å². The highest BCUT2D eigenvalue weighted by molar-refractivity contribution is 7.80. The van der Waals surface area contributed by atoms with Gasteiger partial charge >= 0.3 is 0 Å². The van der Waals surface area contributed by atoms with Crippen LogP contribution in [0.2, 0.25) is 0 Å². The van der Waals surface area contributed by atoms with Gasteiger partial charge in [0.15, 0.2) is 5.11 Å². The summed E-state index contributed by atoms with van der Waals surface area (Å²) in [5.74, 6) is 0.137. The molecule has 0 atom stereocenters. The van der Waals surface area contributed by atoms with Crippen molar-refractivity contribution in [2.24, 2.45) is 0 Å². The maximum Gasteiger partial charge on any atom is 0.253 e. The van der Waals surface area contributed by atoms with Gasteiger partial charge in [0.2, 0.25) is 0 Å². The Bertz CT molecular complexity index is 590. The van der Waals surface area contributed by atoms with E-state index < -0.39 is 0 Å². The van der Waals surface area contributed by atoms with Crippen LogP contribution in [0.15, 0.2) is 24.3 Å². The molecule has 136 valence electrons. The van der Waals surface area contributed by atoms with E-state index in [1.54, 1.807) is 0 Å². The van der Waals surface area contributed by atoms with Gasteiger partial charge in [0, 0.05) is 30.4 Å². The minimum absolute atomic E-state index is 0.137. The van der Waals surface area contributed by atoms with Crippen LogP contribution in [0.5, 0.6) is 0 Å². The van der Waals surface area contributed by atoms with Crippen molar-refractivity contribution in [1.82, 2.24) is 15.1 Å². The average molecular weight is 361 g/mol. The smallest absolute Gasteiger partial charge is 0.253 e. The number of nitrogens with one attached hydrogen (secondary N) is 2. The van der Waals surface area contributed by atoms with E-state index in [2.05, 4.69) is 22.6 Å². The Hall–Kier alpha value is -1.66. The standard InChI is InChI=1S/C19H28N4OS/c1-22-13-9-17(10-14-22)21-19(25)20-16-7-5-15(6-8-16)18(24)23-11-3-2-4-12-23/h5-8,17H,2-4,9-14H2,1H3,(H2,20,21,25). The van der Waals surface area contributed by atoms with Crippen LogP contribution in [-0.2, 0) is 0 Å². The van der Waals surface area contributed by atoms with Crippen LogP contribution in [-0.4, -0.2) is 60.1 Å². The predicted molar refractivity (Wildman–Crippen MR) is 106 cm³/mol. The van der Waals surface area contributed by atoms with E-state index in [0.29, 0.717) is 11.2 Å². The fraction of sp³-hybridized carbons (Fsp3) is 0.579. The molecule has 0 aliphatic carbocycles. The van der Waals surface area contributed by atoms with Gasteiger partial charge < -0.3 is 20.4 Å². The lowest BCUT2D eigenvalue weighted by molar-refractivity contribution is 0.0724. The first kappa shape index (κ1) is 18.1. The molecule has 0 bridgehead atoms. The highest BCUT2D eigenvalue weighted by Crippen LogP contribution is 2.16. The van der Waals surface area contributed by atoms with E-state index in [1.807, 2.05) is 29.2 Å². The maximum absolute atomic E-state index is 12.5. The van der Waals surface area contributed by atoms with Crippen molar-refractivity contribution in [2.75, 3.05) is 38.5 Å². The van der Waals surface area contributed by atoms with Gasteiger partial charge in [-0.05, 0) is 88.7 Å². The Morgan fingerprint density at radius 1 is 1.04 bits per heavy atom. The zero-order valence-corrected chi connectivity index (χ0v) is 15.8. The highest BCUT2D eigenvalue weighted by atomic mass is 32.1. The molecule has 2 N–H and O–H groups in total. The summed E-state index contributed by atoms with van der Waals surface area (Å²) in [5.41, 5.74) is 1.67. The van der Waals surface area contributed by atoms with Crippen molar-refractivity contribution in [3.63, 3.8) is 0 Å². The van der Waals surface area contributed by atoms with Crippen LogP contribution >= 0.6 is 12.2 Å². The van der Waals surface area contributed by atoms with Gasteiger partial charge in [-0.2, -0.15) is 0 Å². The summed E-state index contributed by atoms with van der Waals surface area (Å²) in [6.45, 7) is 3.97. The Kier molecular flexibility index (Phi) is 6.26. The third-order valence-corrected chi connectivity index (χ3v) is 5.31. The molecule has 2 saturated heterocycles. The predicted octanol–water partition coefficient (Wildman–Crippen LogP) is 2.69. The van der Waals surface area contributed by atoms with Crippen molar-refractivity contribution in [2.45, 2.75) is 38.1 Å². The molecule has 0 unspecified atom stereocenters. The number of hydrogen-bond acceptors (Lipinski definition) is 3. The van der Waals surface area contributed by atoms with Gasteiger partial charge in [-0.15, -0.1) is 0 Å². The first-order valence-electron chi connectivity index (χ1n) is 9.27. The van der Waals surface area contributed by atoms with Crippen molar-refractivity contribution < 1.29 is 4.79 Å². The number of amides is 1. The number of anilines is 1. The zero-order chi connectivity index (χ0) is 17.6. The monoisotopic (exact) mass is 360 g/mol. The Morgan fingerprint density at radius 2 is 1.68 bits per heavy atom. The average Bonchev–Trinajstić information content (AvgIpc) is 2.64. The second-order valence-electron chi connectivity index (χ2n) is 7.11. The van der Waals surface area contributed by atoms with Crippen molar-refractivity contribution >= 4 is 28.9 Å². The van der Waals surface area contributed by atoms with E-state index in [-0.39, 0.29) is 5.91 Å². The summed E-state index contributed by atoms with van der Waals surface area (Å²) in [5, 5.41) is 7.28. The molecule has 1 aromatic rings. The van der Waals surface area contributed by atoms with E-state index in [4.69, 9.17) is 12.2 Å². The molecule has 2 heterocycles. The maximum atomic E-state index is 12.5. The molecule has 2 aliphatic rings. The quantitative estimate of drug-likeness (QED) is 0.812. The zero-order valence-electron chi connectivity index (χ0n) is 15.0. The normalized spacial score (nSPS) is 19.5. The molecule has 1 amide bonds. The minimum atomic E-state index is 0.137. The largest absolute Gasteiger partial charge is 0.360 e. The molecule has 3 rings (SSSR count). The van der Waals surface area contributed by atoms with Crippen LogP contribution in [0, 0.1) is 0 Å². The van der Waals surface area contributed by atoms with Crippen LogP contribution in [0.3, 0.4) is 0 Å². The van der Waals surface area contributed by atoms with Crippen LogP contribution in [0.4, 0.5) is 5.69 Å². The first-order valence-corrected chi connectivity index (χ1v) is 9.68. The molecule has 5 nitrogen and oxygen atoms in total. The second kappa shape index (κ2) is 8.63. The fourth-order valence-corrected chi connectivity index (χ4v) is 3.77. The van der Waals surface area contributed by atoms with E-state index in [9.17, 15) is 4.79 Å². The molecule has 0 radical (unpaired) electrons. The summed E-state index contributed by atoms with van der Waals surface area (Å²) in [6.07, 6.45) is 5.68. The number of hydrogen-bond donors (Lipinski definition) is 2. The summed E-state index contributed by atoms with van der Waals surface area (Å²) < 4.78 is 0. The topological polar surface area (TPSA) is 47.6 Å². The number of carbonyl (C=O) groups is 1. The summed E-state index contributed by atoms with van der Waals surface area (Å²) in [4.78, 5) is 16.8. The lowest BCUT2D eigenvalue weighted by atomic mass is 10.1. The molecule has 0 spiro atoms. The second-order valence-corrected chi connectivity index (χ2v) is 7.51. The van der Waals surface area contributed by atoms with E-state index >= 15 is 0 Å². The van der Waals surface area contributed by atoms with E-state index in [1.165, 1.54) is 6.42 Å². The molecule has 25 heavy (non-hydrogen) atoms. The third kappa shape index (κ3) is 5.16. The number of thiocarbonyl (C=S) groups is 1. The van der Waals surface area contributed by atoms with Crippen molar-refractivity contribution in [3.05, 3.63) is 29.8 Å². The first-order chi connectivity index (χ1) is 12.1. The number of rotatable bonds is 3. The number of benzene rings is 1. The van der Waals surface area contributed by atoms with Gasteiger partial charge in [-0.1, -0.05) is 0 Å². The number of carbonyl (C=O) groups excluding carboxylic acids is 1. The van der Waals surface area contributed by atoms with Crippen LogP contribution in [0.1, 0.15) is 42.5 Å². The minimum Gasteiger partial charge on any atom is -0.360 e. The molecule has 0 saturated carbocycles. The van der Waals surface area contributed by atoms with E-state index in [0.717, 1.165) is 63.1 Å². The van der Waals surface area contributed by atoms with Crippen LogP contribution < -0.4 is 10.6 Å². The molecule has 0 aromatic heterocycles.